The van der Waals surface area contributed by atoms with Gasteiger partial charge >= 0.3 is 5.97 Å². The lowest BCUT2D eigenvalue weighted by Crippen LogP contribution is -2.57. The maximum atomic E-state index is 11.3. The van der Waals surface area contributed by atoms with Crippen molar-refractivity contribution < 1.29 is 9.90 Å². The van der Waals surface area contributed by atoms with Gasteiger partial charge in [-0.1, -0.05) is 13.8 Å². The molecule has 0 aromatic carbocycles. The van der Waals surface area contributed by atoms with Crippen LogP contribution in [-0.2, 0) is 4.79 Å². The highest BCUT2D eigenvalue weighted by Gasteiger charge is 2.55. The molecule has 0 saturated heterocycles. The van der Waals surface area contributed by atoms with Gasteiger partial charge in [0.1, 0.15) is 6.04 Å². The topological polar surface area (TPSA) is 63.3 Å². The van der Waals surface area contributed by atoms with Crippen molar-refractivity contribution in [3.63, 3.8) is 0 Å². The molecule has 3 heteroatoms. The van der Waals surface area contributed by atoms with Gasteiger partial charge in [0, 0.05) is 0 Å². The van der Waals surface area contributed by atoms with Crippen molar-refractivity contribution in [3.05, 3.63) is 0 Å². The van der Waals surface area contributed by atoms with Gasteiger partial charge in [0.15, 0.2) is 0 Å². The maximum Gasteiger partial charge on any atom is 0.321 e. The van der Waals surface area contributed by atoms with E-state index in [0.717, 1.165) is 23.7 Å². The van der Waals surface area contributed by atoms with E-state index in [1.165, 1.54) is 32.1 Å². The average Bonchev–Trinajstić information content (AvgIpc) is 2.25. The van der Waals surface area contributed by atoms with Crippen LogP contribution in [0.2, 0.25) is 0 Å². The fourth-order valence-corrected chi connectivity index (χ4v) is 5.67. The van der Waals surface area contributed by atoms with Crippen molar-refractivity contribution in [1.82, 2.24) is 0 Å². The third-order valence-corrected chi connectivity index (χ3v) is 6.15. The van der Waals surface area contributed by atoms with E-state index in [4.69, 9.17) is 5.73 Å². The Labute approximate surface area is 109 Å². The zero-order chi connectivity index (χ0) is 13.1. The summed E-state index contributed by atoms with van der Waals surface area (Å²) in [6, 6.07) is -0.722. The quantitative estimate of drug-likeness (QED) is 0.810. The highest BCUT2D eigenvalue weighted by atomic mass is 16.4. The van der Waals surface area contributed by atoms with Crippen molar-refractivity contribution in [2.45, 2.75) is 52.0 Å². The lowest BCUT2D eigenvalue weighted by Gasteiger charge is -2.59. The van der Waals surface area contributed by atoms with Gasteiger partial charge in [0.05, 0.1) is 0 Å². The number of aliphatic carboxylic acids is 1. The summed E-state index contributed by atoms with van der Waals surface area (Å²) >= 11 is 0. The van der Waals surface area contributed by atoms with E-state index in [9.17, 15) is 9.90 Å². The second-order valence-electron chi connectivity index (χ2n) is 7.59. The van der Waals surface area contributed by atoms with Gasteiger partial charge in [-0.2, -0.15) is 0 Å². The van der Waals surface area contributed by atoms with Crippen LogP contribution in [0.5, 0.6) is 0 Å². The number of hydrogen-bond donors (Lipinski definition) is 2. The number of carboxylic acid groups (broad SMARTS) is 1. The number of rotatable bonds is 3. The first-order valence-corrected chi connectivity index (χ1v) is 7.38. The van der Waals surface area contributed by atoms with E-state index in [1.54, 1.807) is 0 Å². The van der Waals surface area contributed by atoms with Crippen molar-refractivity contribution in [2.75, 3.05) is 0 Å². The van der Waals surface area contributed by atoms with Crippen LogP contribution in [0, 0.1) is 35.0 Å². The third-order valence-electron chi connectivity index (χ3n) is 6.15. The van der Waals surface area contributed by atoms with Crippen LogP contribution in [0.4, 0.5) is 0 Å². The number of nitrogens with two attached hydrogens (primary N) is 1. The Hall–Kier alpha value is -0.570. The Bertz CT molecular complexity index is 336. The second-order valence-corrected chi connectivity index (χ2v) is 7.59. The molecule has 1 unspecified atom stereocenters. The van der Waals surface area contributed by atoms with Gasteiger partial charge in [-0.25, -0.2) is 0 Å². The molecule has 0 radical (unpaired) electrons. The number of carbonyl (C=O) groups is 1. The maximum absolute atomic E-state index is 11.3. The van der Waals surface area contributed by atoms with Crippen molar-refractivity contribution in [2.24, 2.45) is 40.7 Å². The van der Waals surface area contributed by atoms with Crippen LogP contribution in [0.1, 0.15) is 46.0 Å². The molecule has 4 saturated carbocycles. The van der Waals surface area contributed by atoms with Crippen LogP contribution >= 0.6 is 0 Å². The molecule has 4 rings (SSSR count). The van der Waals surface area contributed by atoms with Crippen LogP contribution in [0.25, 0.3) is 0 Å². The molecule has 102 valence electrons. The van der Waals surface area contributed by atoms with E-state index in [0.29, 0.717) is 5.92 Å². The van der Waals surface area contributed by atoms with Gasteiger partial charge in [0.25, 0.3) is 0 Å². The number of carboxylic acids is 1. The highest BCUT2D eigenvalue weighted by molar-refractivity contribution is 5.74. The summed E-state index contributed by atoms with van der Waals surface area (Å²) in [7, 11) is 0. The summed E-state index contributed by atoms with van der Waals surface area (Å²) in [6.45, 7) is 4.16. The molecule has 0 heterocycles. The van der Waals surface area contributed by atoms with E-state index >= 15 is 0 Å². The third kappa shape index (κ3) is 1.70. The molecule has 0 amide bonds. The van der Waals surface area contributed by atoms with Crippen LogP contribution in [0.3, 0.4) is 0 Å². The summed E-state index contributed by atoms with van der Waals surface area (Å²) in [6.07, 6.45) is 6.74. The fraction of sp³-hybridized carbons (Fsp3) is 0.933. The first-order valence-electron chi connectivity index (χ1n) is 7.38. The van der Waals surface area contributed by atoms with Crippen molar-refractivity contribution >= 4 is 5.97 Å². The summed E-state index contributed by atoms with van der Waals surface area (Å²) < 4.78 is 0. The monoisotopic (exact) mass is 251 g/mol. The lowest BCUT2D eigenvalue weighted by molar-refractivity contribution is -0.148. The smallest absolute Gasteiger partial charge is 0.321 e. The zero-order valence-electron chi connectivity index (χ0n) is 11.4. The average molecular weight is 251 g/mol. The van der Waals surface area contributed by atoms with Gasteiger partial charge in [-0.3, -0.25) is 4.79 Å². The molecular weight excluding hydrogens is 226 g/mol. The van der Waals surface area contributed by atoms with Crippen LogP contribution in [0.15, 0.2) is 0 Å². The molecule has 0 aromatic heterocycles. The first kappa shape index (κ1) is 12.5. The molecular formula is C15H25NO2. The normalized spacial score (nSPS) is 44.1. The molecule has 0 aromatic rings. The minimum atomic E-state index is -0.839. The zero-order valence-corrected chi connectivity index (χ0v) is 11.4. The highest BCUT2D eigenvalue weighted by Crippen LogP contribution is 2.61. The summed E-state index contributed by atoms with van der Waals surface area (Å²) in [4.78, 5) is 11.3. The van der Waals surface area contributed by atoms with Crippen molar-refractivity contribution in [3.8, 4) is 0 Å². The minimum Gasteiger partial charge on any atom is -0.480 e. The van der Waals surface area contributed by atoms with Gasteiger partial charge in [-0.15, -0.1) is 0 Å². The Morgan fingerprint density at radius 1 is 1.11 bits per heavy atom. The molecule has 18 heavy (non-hydrogen) atoms. The number of hydrogen-bond acceptors (Lipinski definition) is 2. The van der Waals surface area contributed by atoms with Gasteiger partial charge in [-0.05, 0) is 67.1 Å². The minimum absolute atomic E-state index is 0.269. The van der Waals surface area contributed by atoms with Crippen LogP contribution in [-0.4, -0.2) is 17.1 Å². The Morgan fingerprint density at radius 3 is 1.94 bits per heavy atom. The molecule has 0 spiro atoms. The Kier molecular flexibility index (Phi) is 2.74. The van der Waals surface area contributed by atoms with E-state index in [-0.39, 0.29) is 5.41 Å². The molecule has 4 aliphatic rings. The Morgan fingerprint density at radius 2 is 1.56 bits per heavy atom. The van der Waals surface area contributed by atoms with E-state index in [1.807, 2.05) is 0 Å². The second kappa shape index (κ2) is 3.96. The van der Waals surface area contributed by atoms with Crippen LogP contribution < -0.4 is 5.73 Å². The predicted molar refractivity (Wildman–Crippen MR) is 69.9 cm³/mol. The SMILES string of the molecule is CC(C)(C(N)C(=O)O)C1C2CC3CC(C2)CC1C3. The first-order chi connectivity index (χ1) is 8.39. The molecule has 0 aliphatic heterocycles. The fourth-order valence-electron chi connectivity index (χ4n) is 5.67. The van der Waals surface area contributed by atoms with E-state index in [2.05, 4.69) is 13.8 Å². The predicted octanol–water partition coefficient (Wildman–Crippen LogP) is 2.50. The largest absolute Gasteiger partial charge is 0.480 e. The molecule has 1 atom stereocenters. The standard InChI is InChI=1S/C15H25NO2/c1-15(2,13(16)14(17)18)12-10-4-8-3-9(6-10)7-11(12)5-8/h8-13H,3-7,16H2,1-2H3,(H,17,18). The summed E-state index contributed by atoms with van der Waals surface area (Å²) in [5.41, 5.74) is 5.71. The van der Waals surface area contributed by atoms with Gasteiger partial charge in [0.2, 0.25) is 0 Å². The summed E-state index contributed by atoms with van der Waals surface area (Å²) in [5.74, 6) is 3.02. The Balaban J connectivity index is 1.86. The van der Waals surface area contributed by atoms with Crippen molar-refractivity contribution in [1.29, 1.82) is 0 Å². The molecule has 3 nitrogen and oxygen atoms in total. The molecule has 4 bridgehead atoms. The molecule has 3 N–H and O–H groups in total. The van der Waals surface area contributed by atoms with E-state index < -0.39 is 12.0 Å². The molecule has 4 aliphatic carbocycles. The van der Waals surface area contributed by atoms with Gasteiger partial charge < -0.3 is 10.8 Å². The lowest BCUT2D eigenvalue weighted by atomic mass is 9.46. The molecule has 4 fully saturated rings. The summed E-state index contributed by atoms with van der Waals surface area (Å²) in [5, 5.41) is 9.25.